The van der Waals surface area contributed by atoms with Gasteiger partial charge in [-0.05, 0) is 88.3 Å². The number of hydrogen-bond acceptors (Lipinski definition) is 4. The van der Waals surface area contributed by atoms with E-state index in [0.717, 1.165) is 34.6 Å². The molecule has 5 nitrogen and oxygen atoms in total. The number of hydrogen-bond donors (Lipinski definition) is 3. The molecule has 8 aromatic rings. The molecule has 0 amide bonds. The Morgan fingerprint density at radius 2 is 1.36 bits per heavy atom. The molecular formula is C53H45N5. The highest BCUT2D eigenvalue weighted by Crippen LogP contribution is 2.45. The predicted octanol–water partition coefficient (Wildman–Crippen LogP) is 12.1. The summed E-state index contributed by atoms with van der Waals surface area (Å²) in [5.41, 5.74) is 20.8. The molecule has 2 heterocycles. The van der Waals surface area contributed by atoms with Gasteiger partial charge >= 0.3 is 0 Å². The summed E-state index contributed by atoms with van der Waals surface area (Å²) in [7, 11) is 0. The molecule has 0 bridgehead atoms. The summed E-state index contributed by atoms with van der Waals surface area (Å²) in [6.07, 6.45) is 11.8. The van der Waals surface area contributed by atoms with Crippen LogP contribution in [0.25, 0.3) is 44.7 Å². The van der Waals surface area contributed by atoms with Crippen molar-refractivity contribution < 1.29 is 0 Å². The summed E-state index contributed by atoms with van der Waals surface area (Å²) in [5, 5.41) is 10.0. The number of para-hydroxylation sites is 2. The van der Waals surface area contributed by atoms with Crippen molar-refractivity contribution in [1.82, 2.24) is 15.2 Å². The van der Waals surface area contributed by atoms with Crippen molar-refractivity contribution in [1.29, 1.82) is 0 Å². The highest BCUT2D eigenvalue weighted by molar-refractivity contribution is 6.16. The molecule has 3 atom stereocenters. The molecule has 0 spiro atoms. The van der Waals surface area contributed by atoms with Crippen molar-refractivity contribution in [2.45, 2.75) is 25.3 Å². The number of rotatable bonds is 10. The first-order valence-electron chi connectivity index (χ1n) is 20.2. The molecular weight excluding hydrogens is 707 g/mol. The monoisotopic (exact) mass is 751 g/mol. The summed E-state index contributed by atoms with van der Waals surface area (Å²) in [6, 6.07) is 62.9. The highest BCUT2D eigenvalue weighted by atomic mass is 15.2. The van der Waals surface area contributed by atoms with E-state index in [4.69, 9.17) is 5.73 Å². The maximum absolute atomic E-state index is 6.85. The molecule has 4 N–H and O–H groups in total. The van der Waals surface area contributed by atoms with Crippen LogP contribution in [0.4, 0.5) is 11.4 Å². The second-order valence-corrected chi connectivity index (χ2v) is 15.2. The fourth-order valence-electron chi connectivity index (χ4n) is 8.73. The van der Waals surface area contributed by atoms with E-state index in [1.165, 1.54) is 49.8 Å². The molecule has 0 saturated carbocycles. The zero-order valence-corrected chi connectivity index (χ0v) is 32.2. The SMILES string of the molecule is NC(NC(NCc1ccccc1)c1cccc(N2C3=CC=CCC3C=Cc3ccc(-c4cccc5c4c4ccccc4n5-c4ccccc4)cc32)c1)c1ccccc1. The summed E-state index contributed by atoms with van der Waals surface area (Å²) >= 11 is 0. The summed E-state index contributed by atoms with van der Waals surface area (Å²) < 4.78 is 2.39. The lowest BCUT2D eigenvalue weighted by Gasteiger charge is -2.33. The van der Waals surface area contributed by atoms with Crippen molar-refractivity contribution in [3.63, 3.8) is 0 Å². The van der Waals surface area contributed by atoms with Crippen molar-refractivity contribution >= 4 is 39.3 Å². The zero-order valence-electron chi connectivity index (χ0n) is 32.2. The molecule has 1 aliphatic carbocycles. The molecule has 58 heavy (non-hydrogen) atoms. The number of nitrogens with zero attached hydrogens (tertiary/aromatic N) is 2. The number of fused-ring (bicyclic) bond motifs is 5. The summed E-state index contributed by atoms with van der Waals surface area (Å²) in [4.78, 5) is 2.48. The summed E-state index contributed by atoms with van der Waals surface area (Å²) in [6.45, 7) is 0.689. The first-order chi connectivity index (χ1) is 28.7. The second kappa shape index (κ2) is 15.6. The Bertz CT molecular complexity index is 2820. The van der Waals surface area contributed by atoms with Crippen LogP contribution in [0.2, 0.25) is 0 Å². The standard InChI is InChI=1S/C53H45N5/c54-52(40-19-6-2-7-20-40)56-53(55-36-37-16-4-1-5-17-37)42-21-14-24-44(34-42)58-47-27-12-10-18-38(47)30-31-39-32-33-41(35-50(39)58)45-26-15-29-49-51(45)46-25-11-13-28-48(46)57(49)43-22-8-3-9-23-43/h1-17,19-35,38,52-53,55-56H,18,36,54H2. The number of benzene rings is 7. The molecule has 5 heteroatoms. The van der Waals surface area contributed by atoms with Gasteiger partial charge in [0.05, 0.1) is 29.1 Å². The van der Waals surface area contributed by atoms with Gasteiger partial charge in [0.1, 0.15) is 0 Å². The molecule has 1 aliphatic heterocycles. The zero-order chi connectivity index (χ0) is 38.8. The van der Waals surface area contributed by atoms with Gasteiger partial charge in [-0.2, -0.15) is 0 Å². The molecule has 0 fully saturated rings. The Hall–Kier alpha value is -6.76. The smallest absolute Gasteiger partial charge is 0.0853 e. The Morgan fingerprint density at radius 3 is 2.21 bits per heavy atom. The predicted molar refractivity (Wildman–Crippen MR) is 242 cm³/mol. The van der Waals surface area contributed by atoms with Crippen molar-refractivity contribution in [3.05, 3.63) is 228 Å². The Kier molecular flexibility index (Phi) is 9.61. The molecule has 3 unspecified atom stereocenters. The van der Waals surface area contributed by atoms with Crippen LogP contribution in [-0.2, 0) is 6.54 Å². The molecule has 282 valence electrons. The van der Waals surface area contributed by atoms with Crippen LogP contribution < -0.4 is 21.3 Å². The third-order valence-corrected chi connectivity index (χ3v) is 11.6. The first kappa shape index (κ1) is 35.6. The van der Waals surface area contributed by atoms with E-state index in [-0.39, 0.29) is 18.2 Å². The third-order valence-electron chi connectivity index (χ3n) is 11.6. The van der Waals surface area contributed by atoms with Crippen molar-refractivity contribution in [2.24, 2.45) is 11.7 Å². The normalized spacial score (nSPS) is 15.8. The molecule has 0 saturated heterocycles. The molecule has 7 aromatic carbocycles. The van der Waals surface area contributed by atoms with E-state index >= 15 is 0 Å². The largest absolute Gasteiger partial charge is 0.313 e. The lowest BCUT2D eigenvalue weighted by Crippen LogP contribution is -2.39. The molecule has 10 rings (SSSR count). The maximum atomic E-state index is 6.85. The van der Waals surface area contributed by atoms with Gasteiger partial charge in [-0.1, -0.05) is 158 Å². The van der Waals surface area contributed by atoms with Gasteiger partial charge in [-0.3, -0.25) is 10.6 Å². The average Bonchev–Trinajstić information content (AvgIpc) is 3.54. The molecule has 1 aromatic heterocycles. The van der Waals surface area contributed by atoms with Crippen molar-refractivity contribution in [2.75, 3.05) is 4.90 Å². The number of aromatic nitrogens is 1. The van der Waals surface area contributed by atoms with Crippen molar-refractivity contribution in [3.8, 4) is 16.8 Å². The van der Waals surface area contributed by atoms with E-state index in [9.17, 15) is 0 Å². The Balaban J connectivity index is 1.10. The maximum Gasteiger partial charge on any atom is 0.0853 e. The second-order valence-electron chi connectivity index (χ2n) is 15.2. The summed E-state index contributed by atoms with van der Waals surface area (Å²) in [5.74, 6) is 0.244. The van der Waals surface area contributed by atoms with E-state index in [1.807, 2.05) is 18.2 Å². The van der Waals surface area contributed by atoms with Crippen LogP contribution in [0.15, 0.2) is 206 Å². The number of anilines is 2. The molecule has 2 aliphatic rings. The fraction of sp³-hybridized carbons (Fsp3) is 0.0943. The van der Waals surface area contributed by atoms with Crippen LogP contribution >= 0.6 is 0 Å². The minimum absolute atomic E-state index is 0.221. The van der Waals surface area contributed by atoms with E-state index in [2.05, 4.69) is 208 Å². The van der Waals surface area contributed by atoms with Gasteiger partial charge in [-0.15, -0.1) is 0 Å². The van der Waals surface area contributed by atoms with Crippen LogP contribution in [0.3, 0.4) is 0 Å². The first-order valence-corrected chi connectivity index (χ1v) is 20.2. The van der Waals surface area contributed by atoms with Gasteiger partial charge in [0.2, 0.25) is 0 Å². The van der Waals surface area contributed by atoms with Gasteiger partial charge in [0.25, 0.3) is 0 Å². The quantitative estimate of drug-likeness (QED) is 0.122. The number of nitrogens with one attached hydrogen (secondary N) is 2. The average molecular weight is 752 g/mol. The Labute approximate surface area is 340 Å². The van der Waals surface area contributed by atoms with Crippen LogP contribution in [0.1, 0.15) is 41.0 Å². The minimum Gasteiger partial charge on any atom is -0.313 e. The molecule has 0 radical (unpaired) electrons. The van der Waals surface area contributed by atoms with Gasteiger partial charge in [0, 0.05) is 40.3 Å². The van der Waals surface area contributed by atoms with Crippen LogP contribution in [0.5, 0.6) is 0 Å². The van der Waals surface area contributed by atoms with Crippen LogP contribution in [-0.4, -0.2) is 4.57 Å². The highest BCUT2D eigenvalue weighted by Gasteiger charge is 2.28. The van der Waals surface area contributed by atoms with E-state index in [1.54, 1.807) is 0 Å². The lowest BCUT2D eigenvalue weighted by atomic mass is 9.95. The van der Waals surface area contributed by atoms with E-state index < -0.39 is 0 Å². The minimum atomic E-state index is -0.366. The fourth-order valence-corrected chi connectivity index (χ4v) is 8.73. The third kappa shape index (κ3) is 6.76. The number of nitrogens with two attached hydrogens (primary N) is 1. The van der Waals surface area contributed by atoms with Gasteiger partial charge < -0.3 is 15.2 Å². The van der Waals surface area contributed by atoms with E-state index in [0.29, 0.717) is 6.54 Å². The number of allylic oxidation sites excluding steroid dienone is 4. The topological polar surface area (TPSA) is 58.2 Å². The van der Waals surface area contributed by atoms with Crippen LogP contribution in [0, 0.1) is 5.92 Å². The van der Waals surface area contributed by atoms with Gasteiger partial charge in [-0.25, -0.2) is 0 Å². The Morgan fingerprint density at radius 1 is 0.655 bits per heavy atom. The van der Waals surface area contributed by atoms with Gasteiger partial charge in [0.15, 0.2) is 0 Å². The lowest BCUT2D eigenvalue weighted by molar-refractivity contribution is 0.386.